The van der Waals surface area contributed by atoms with Gasteiger partial charge >= 0.3 is 0 Å². The molecule has 2 N–H and O–H groups in total. The fourth-order valence-electron chi connectivity index (χ4n) is 2.22. The Morgan fingerprint density at radius 3 is 2.47 bits per heavy atom. The highest BCUT2D eigenvalue weighted by Crippen LogP contribution is 2.41. The fourth-order valence-corrected chi connectivity index (χ4v) is 2.22. The van der Waals surface area contributed by atoms with Gasteiger partial charge < -0.3 is 15.2 Å². The molecule has 0 amide bonds. The van der Waals surface area contributed by atoms with Crippen molar-refractivity contribution in [2.45, 2.75) is 38.5 Å². The molecule has 2 aliphatic rings. The van der Waals surface area contributed by atoms with Gasteiger partial charge in [0.15, 0.2) is 6.29 Å². The van der Waals surface area contributed by atoms with Gasteiger partial charge in [-0.2, -0.15) is 0 Å². The van der Waals surface area contributed by atoms with Crippen molar-refractivity contribution in [1.29, 1.82) is 0 Å². The maximum Gasteiger partial charge on any atom is 0.158 e. The van der Waals surface area contributed by atoms with Gasteiger partial charge in [-0.1, -0.05) is 0 Å². The van der Waals surface area contributed by atoms with Crippen LogP contribution in [-0.2, 0) is 14.3 Å². The van der Waals surface area contributed by atoms with Gasteiger partial charge in [-0.25, -0.2) is 0 Å². The third-order valence-electron chi connectivity index (χ3n) is 3.31. The second-order valence-electron chi connectivity index (χ2n) is 4.54. The van der Waals surface area contributed by atoms with Crippen LogP contribution in [0.1, 0.15) is 26.2 Å². The third-order valence-corrected chi connectivity index (χ3v) is 3.31. The lowest BCUT2D eigenvalue weighted by Crippen LogP contribution is -2.39. The average Bonchev–Trinajstić information content (AvgIpc) is 2.92. The number of Topliss-reactive ketones (excluding diaryl/α,β-unsaturated/α-hetero) is 1. The topological polar surface area (TPSA) is 61.6 Å². The fraction of sp³-hybridized carbons (Fsp3) is 0.909. The highest BCUT2D eigenvalue weighted by Gasteiger charge is 2.39. The molecule has 1 aliphatic heterocycles. The van der Waals surface area contributed by atoms with Crippen LogP contribution >= 0.6 is 0 Å². The molecule has 4 heteroatoms. The van der Waals surface area contributed by atoms with E-state index in [1.165, 1.54) is 12.8 Å². The van der Waals surface area contributed by atoms with Gasteiger partial charge in [-0.15, -0.1) is 0 Å². The number of carbonyl (C=O) groups excluding carboxylic acids is 1. The van der Waals surface area contributed by atoms with E-state index in [2.05, 4.69) is 0 Å². The lowest BCUT2D eigenvalue weighted by atomic mass is 9.89. The zero-order chi connectivity index (χ0) is 10.8. The van der Waals surface area contributed by atoms with Gasteiger partial charge in [-0.3, -0.25) is 4.79 Å². The summed E-state index contributed by atoms with van der Waals surface area (Å²) in [6.45, 7) is 2.89. The molecule has 0 aromatic carbocycles. The normalized spacial score (nSPS) is 26.5. The quantitative estimate of drug-likeness (QED) is 0.730. The summed E-state index contributed by atoms with van der Waals surface area (Å²) in [5.41, 5.74) is 5.92. The second-order valence-corrected chi connectivity index (χ2v) is 4.54. The Morgan fingerprint density at radius 2 is 2.00 bits per heavy atom. The molecule has 1 aliphatic carbocycles. The standard InChI is InChI=1S/C11H19NO3/c1-7(13)11(12)9(8-2-3-8)6-10-14-4-5-15-10/h8-11H,2-6,12H2,1H3/t9-,11?/m0/s1. The maximum atomic E-state index is 11.3. The molecule has 1 saturated heterocycles. The summed E-state index contributed by atoms with van der Waals surface area (Å²) in [4.78, 5) is 11.3. The summed E-state index contributed by atoms with van der Waals surface area (Å²) in [7, 11) is 0. The Bertz CT molecular complexity index is 234. The predicted molar refractivity (Wildman–Crippen MR) is 55.2 cm³/mol. The molecule has 1 unspecified atom stereocenters. The number of carbonyl (C=O) groups is 1. The largest absolute Gasteiger partial charge is 0.350 e. The summed E-state index contributed by atoms with van der Waals surface area (Å²) in [5.74, 6) is 0.923. The summed E-state index contributed by atoms with van der Waals surface area (Å²) in [6, 6.07) is -0.342. The van der Waals surface area contributed by atoms with Gasteiger partial charge in [0.05, 0.1) is 19.3 Å². The maximum absolute atomic E-state index is 11.3. The minimum absolute atomic E-state index is 0.0740. The van der Waals surface area contributed by atoms with E-state index in [-0.39, 0.29) is 24.0 Å². The van der Waals surface area contributed by atoms with E-state index in [1.54, 1.807) is 6.92 Å². The summed E-state index contributed by atoms with van der Waals surface area (Å²) >= 11 is 0. The van der Waals surface area contributed by atoms with Gasteiger partial charge in [0.25, 0.3) is 0 Å². The lowest BCUT2D eigenvalue weighted by molar-refractivity contribution is -0.120. The van der Waals surface area contributed by atoms with Crippen molar-refractivity contribution in [3.05, 3.63) is 0 Å². The number of rotatable bonds is 5. The Hall–Kier alpha value is -0.450. The first kappa shape index (κ1) is 11.0. The van der Waals surface area contributed by atoms with Crippen LogP contribution in [0.3, 0.4) is 0 Å². The van der Waals surface area contributed by atoms with Gasteiger partial charge in [-0.05, 0) is 31.6 Å². The number of hydrogen-bond donors (Lipinski definition) is 1. The van der Waals surface area contributed by atoms with Gasteiger partial charge in [0.1, 0.15) is 5.78 Å². The molecule has 1 heterocycles. The lowest BCUT2D eigenvalue weighted by Gasteiger charge is -2.23. The molecule has 86 valence electrons. The minimum Gasteiger partial charge on any atom is -0.350 e. The first-order valence-electron chi connectivity index (χ1n) is 5.67. The Balaban J connectivity index is 1.90. The van der Waals surface area contributed by atoms with Crippen molar-refractivity contribution in [3.63, 3.8) is 0 Å². The van der Waals surface area contributed by atoms with Gasteiger partial charge in [0.2, 0.25) is 0 Å². The van der Waals surface area contributed by atoms with Crippen molar-refractivity contribution in [3.8, 4) is 0 Å². The van der Waals surface area contributed by atoms with Crippen molar-refractivity contribution >= 4 is 5.78 Å². The van der Waals surface area contributed by atoms with Crippen molar-refractivity contribution < 1.29 is 14.3 Å². The van der Waals surface area contributed by atoms with Crippen LogP contribution in [0.5, 0.6) is 0 Å². The zero-order valence-corrected chi connectivity index (χ0v) is 9.15. The average molecular weight is 213 g/mol. The molecule has 2 atom stereocenters. The number of hydrogen-bond acceptors (Lipinski definition) is 4. The second kappa shape index (κ2) is 4.60. The molecule has 15 heavy (non-hydrogen) atoms. The van der Waals surface area contributed by atoms with Crippen LogP contribution in [0.4, 0.5) is 0 Å². The van der Waals surface area contributed by atoms with Crippen molar-refractivity contribution in [2.75, 3.05) is 13.2 Å². The molecule has 4 nitrogen and oxygen atoms in total. The number of ketones is 1. The van der Waals surface area contributed by atoms with E-state index in [0.717, 1.165) is 6.42 Å². The number of nitrogens with two attached hydrogens (primary N) is 1. The summed E-state index contributed by atoms with van der Waals surface area (Å²) < 4.78 is 10.8. The van der Waals surface area contributed by atoms with Crippen molar-refractivity contribution in [1.82, 2.24) is 0 Å². The minimum atomic E-state index is -0.342. The highest BCUT2D eigenvalue weighted by atomic mass is 16.7. The Morgan fingerprint density at radius 1 is 1.40 bits per heavy atom. The summed E-state index contributed by atoms with van der Waals surface area (Å²) in [6.07, 6.45) is 3.02. The number of ether oxygens (including phenoxy) is 2. The predicted octanol–water partition coefficient (Wildman–Crippen LogP) is 0.692. The first-order valence-corrected chi connectivity index (χ1v) is 5.67. The molecule has 2 fully saturated rings. The van der Waals surface area contributed by atoms with Crippen LogP contribution in [0, 0.1) is 11.8 Å². The van der Waals surface area contributed by atoms with E-state index in [4.69, 9.17) is 15.2 Å². The Kier molecular flexibility index (Phi) is 3.38. The smallest absolute Gasteiger partial charge is 0.158 e. The molecule has 2 rings (SSSR count). The van der Waals surface area contributed by atoms with E-state index in [9.17, 15) is 4.79 Å². The van der Waals surface area contributed by atoms with E-state index in [1.807, 2.05) is 0 Å². The molecular formula is C11H19NO3. The van der Waals surface area contributed by atoms with E-state index >= 15 is 0 Å². The molecule has 0 spiro atoms. The molecule has 0 aromatic heterocycles. The van der Waals surface area contributed by atoms with Crippen LogP contribution in [0.2, 0.25) is 0 Å². The SMILES string of the molecule is CC(=O)C(N)[C@@H](CC1OCCO1)C1CC1. The molecule has 0 aromatic rings. The van der Waals surface area contributed by atoms with Crippen molar-refractivity contribution in [2.24, 2.45) is 17.6 Å². The van der Waals surface area contributed by atoms with Gasteiger partial charge in [0, 0.05) is 6.42 Å². The van der Waals surface area contributed by atoms with E-state index in [0.29, 0.717) is 19.1 Å². The van der Waals surface area contributed by atoms with Crippen LogP contribution < -0.4 is 5.73 Å². The van der Waals surface area contributed by atoms with E-state index < -0.39 is 0 Å². The molecular weight excluding hydrogens is 194 g/mol. The highest BCUT2D eigenvalue weighted by molar-refractivity contribution is 5.81. The monoisotopic (exact) mass is 213 g/mol. The molecule has 0 bridgehead atoms. The van der Waals surface area contributed by atoms with Crippen LogP contribution in [0.15, 0.2) is 0 Å². The van der Waals surface area contributed by atoms with Crippen LogP contribution in [0.25, 0.3) is 0 Å². The summed E-state index contributed by atoms with van der Waals surface area (Å²) in [5, 5.41) is 0. The van der Waals surface area contributed by atoms with Crippen LogP contribution in [-0.4, -0.2) is 31.3 Å². The first-order chi connectivity index (χ1) is 7.18. The third kappa shape index (κ3) is 2.77. The molecule has 0 radical (unpaired) electrons. The Labute approximate surface area is 90.1 Å². The zero-order valence-electron chi connectivity index (χ0n) is 9.15. The molecule has 1 saturated carbocycles.